The molecule has 2 saturated carbocycles. The van der Waals surface area contributed by atoms with Crippen LogP contribution in [0.2, 0.25) is 5.02 Å². The number of nitrogens with zero attached hydrogens (tertiary/aromatic N) is 2. The fourth-order valence-corrected chi connectivity index (χ4v) is 6.73. The molecule has 0 saturated heterocycles. The Morgan fingerprint density at radius 3 is 2.56 bits per heavy atom. The zero-order chi connectivity index (χ0) is 28.7. The number of benzene rings is 2. The Morgan fingerprint density at radius 1 is 1.17 bits per heavy atom. The van der Waals surface area contributed by atoms with Gasteiger partial charge in [0.15, 0.2) is 0 Å². The summed E-state index contributed by atoms with van der Waals surface area (Å²) in [6.45, 7) is 13.7. The van der Waals surface area contributed by atoms with Gasteiger partial charge in [-0.1, -0.05) is 86.7 Å². The number of unbranched alkanes of at least 4 members (excludes halogenated alkanes) is 1. The normalized spacial score (nSPS) is 16.8. The Bertz CT molecular complexity index is 1590. The Kier molecular flexibility index (Phi) is 7.37. The number of aryl methyl sites for hydroxylation is 1. The lowest BCUT2D eigenvalue weighted by atomic mass is 9.81. The number of hydrogen-bond acceptors (Lipinski definition) is 4. The van der Waals surface area contributed by atoms with Crippen LogP contribution in [0.4, 0.5) is 0 Å². The molecule has 2 fully saturated rings. The summed E-state index contributed by atoms with van der Waals surface area (Å²) in [5, 5.41) is 0.823. The van der Waals surface area contributed by atoms with Crippen LogP contribution >= 0.6 is 11.6 Å². The molecule has 210 valence electrons. The van der Waals surface area contributed by atoms with E-state index in [1.807, 2.05) is 24.3 Å². The van der Waals surface area contributed by atoms with E-state index in [9.17, 15) is 0 Å². The van der Waals surface area contributed by atoms with Gasteiger partial charge in [0.25, 0.3) is 0 Å². The molecule has 3 aliphatic rings. The monoisotopic (exact) mass is 564 g/mol. The molecule has 0 N–H and O–H groups in total. The van der Waals surface area contributed by atoms with Crippen LogP contribution in [-0.2, 0) is 12.0 Å². The molecule has 1 spiro atoms. The highest BCUT2D eigenvalue weighted by molar-refractivity contribution is 6.32. The van der Waals surface area contributed by atoms with Gasteiger partial charge >= 0.3 is 6.01 Å². The molecule has 0 amide bonds. The molecule has 41 heavy (non-hydrogen) atoms. The van der Waals surface area contributed by atoms with Gasteiger partial charge in [-0.2, -0.15) is 9.97 Å². The maximum atomic E-state index is 6.96. The van der Waals surface area contributed by atoms with E-state index >= 15 is 0 Å². The highest BCUT2D eigenvalue weighted by Gasteiger charge is 2.57. The van der Waals surface area contributed by atoms with Gasteiger partial charge in [0.05, 0.1) is 18.4 Å². The first-order valence-corrected chi connectivity index (χ1v) is 15.0. The summed E-state index contributed by atoms with van der Waals surface area (Å²) < 4.78 is 12.1. The fraction of sp³-hybridized carbons (Fsp3) is 0.333. The molecule has 0 unspecified atom stereocenters. The molecule has 4 nitrogen and oxygen atoms in total. The molecule has 0 radical (unpaired) electrons. The SMILES string of the molecule is C=Cc1c(C)cc(Cl)c(C2CC2)c1C(=C)C1=C(/C=C\CCC)c2c(OCc3ccccc3)nc(OC)nc2C12CC2. The van der Waals surface area contributed by atoms with Crippen molar-refractivity contribution in [2.45, 2.75) is 70.3 Å². The van der Waals surface area contributed by atoms with Crippen molar-refractivity contribution in [2.75, 3.05) is 7.11 Å². The fourth-order valence-electron chi connectivity index (χ4n) is 6.32. The number of aromatic nitrogens is 2. The zero-order valence-electron chi connectivity index (χ0n) is 24.2. The number of rotatable bonds is 11. The number of allylic oxidation sites excluding steroid dienone is 5. The van der Waals surface area contributed by atoms with Gasteiger partial charge in [-0.15, -0.1) is 0 Å². The van der Waals surface area contributed by atoms with E-state index in [4.69, 9.17) is 37.6 Å². The molecule has 0 bridgehead atoms. The average molecular weight is 565 g/mol. The quantitative estimate of drug-likeness (QED) is 0.233. The Morgan fingerprint density at radius 2 is 1.93 bits per heavy atom. The third-order valence-corrected chi connectivity index (χ3v) is 8.89. The summed E-state index contributed by atoms with van der Waals surface area (Å²) in [5.74, 6) is 1.01. The summed E-state index contributed by atoms with van der Waals surface area (Å²) in [6.07, 6.45) is 12.8. The highest BCUT2D eigenvalue weighted by atomic mass is 35.5. The van der Waals surface area contributed by atoms with E-state index in [2.05, 4.69) is 50.8 Å². The van der Waals surface area contributed by atoms with Crippen LogP contribution < -0.4 is 9.47 Å². The summed E-state index contributed by atoms with van der Waals surface area (Å²) in [7, 11) is 1.61. The van der Waals surface area contributed by atoms with Crippen molar-refractivity contribution in [1.82, 2.24) is 9.97 Å². The molecule has 5 heteroatoms. The standard InChI is InChI=1S/C36H37ClN2O2/c1-6-8-10-15-27-31-33(38-35(40-5)39-34(31)41-21-24-13-11-9-12-14-24)36(18-19-36)32(27)23(4)29-26(7-2)22(3)20-28(37)30(29)25-16-17-25/h7,9-15,20,25H,2,4,6,8,16-19,21H2,1,3,5H3/b15-10-. The summed E-state index contributed by atoms with van der Waals surface area (Å²) in [5.41, 5.74) is 10.6. The molecule has 1 heterocycles. The number of hydrogen-bond donors (Lipinski definition) is 0. The number of fused-ring (bicyclic) bond motifs is 2. The predicted octanol–water partition coefficient (Wildman–Crippen LogP) is 9.41. The smallest absolute Gasteiger partial charge is 0.319 e. The summed E-state index contributed by atoms with van der Waals surface area (Å²) in [6, 6.07) is 12.6. The van der Waals surface area contributed by atoms with E-state index in [0.29, 0.717) is 24.4 Å². The molecule has 0 atom stereocenters. The van der Waals surface area contributed by atoms with Gasteiger partial charge in [-0.05, 0) is 95.5 Å². The maximum Gasteiger partial charge on any atom is 0.319 e. The molecular weight excluding hydrogens is 528 g/mol. The Hall–Kier alpha value is -3.63. The lowest BCUT2D eigenvalue weighted by Crippen LogP contribution is -2.13. The maximum absolute atomic E-state index is 6.96. The van der Waals surface area contributed by atoms with Gasteiger partial charge < -0.3 is 9.47 Å². The second kappa shape index (κ2) is 11.0. The van der Waals surface area contributed by atoms with E-state index in [-0.39, 0.29) is 5.41 Å². The van der Waals surface area contributed by atoms with Gasteiger partial charge in [0.2, 0.25) is 5.88 Å². The zero-order valence-corrected chi connectivity index (χ0v) is 25.0. The predicted molar refractivity (Wildman–Crippen MR) is 169 cm³/mol. The first-order valence-electron chi connectivity index (χ1n) is 14.6. The molecule has 2 aromatic carbocycles. The molecule has 1 aromatic heterocycles. The molecular formula is C36H37ClN2O2. The van der Waals surface area contributed by atoms with Crippen LogP contribution in [0.25, 0.3) is 17.2 Å². The van der Waals surface area contributed by atoms with Gasteiger partial charge in [0.1, 0.15) is 6.61 Å². The van der Waals surface area contributed by atoms with E-state index < -0.39 is 0 Å². The second-order valence-corrected chi connectivity index (χ2v) is 11.8. The summed E-state index contributed by atoms with van der Waals surface area (Å²) >= 11 is 6.96. The van der Waals surface area contributed by atoms with Crippen molar-refractivity contribution in [3.05, 3.63) is 111 Å². The summed E-state index contributed by atoms with van der Waals surface area (Å²) in [4.78, 5) is 9.72. The van der Waals surface area contributed by atoms with Crippen molar-refractivity contribution in [2.24, 2.45) is 0 Å². The van der Waals surface area contributed by atoms with Crippen LogP contribution in [0.1, 0.15) is 90.4 Å². The lowest BCUT2D eigenvalue weighted by Gasteiger charge is -2.23. The van der Waals surface area contributed by atoms with E-state index in [1.54, 1.807) is 7.11 Å². The number of methoxy groups -OCH3 is 1. The van der Waals surface area contributed by atoms with Crippen LogP contribution in [0.5, 0.6) is 11.9 Å². The minimum absolute atomic E-state index is 0.255. The topological polar surface area (TPSA) is 44.2 Å². The first-order chi connectivity index (χ1) is 19.9. The highest BCUT2D eigenvalue weighted by Crippen LogP contribution is 2.66. The minimum atomic E-state index is -0.255. The molecule has 0 aliphatic heterocycles. The van der Waals surface area contributed by atoms with Crippen LogP contribution in [-0.4, -0.2) is 17.1 Å². The first kappa shape index (κ1) is 27.5. The largest absolute Gasteiger partial charge is 0.472 e. The van der Waals surface area contributed by atoms with Gasteiger partial charge in [-0.3, -0.25) is 0 Å². The Labute approximate surface area is 248 Å². The van der Waals surface area contributed by atoms with Gasteiger partial charge in [0, 0.05) is 10.4 Å². The lowest BCUT2D eigenvalue weighted by molar-refractivity contribution is 0.282. The number of ether oxygens (including phenoxy) is 2. The Balaban J connectivity index is 1.56. The average Bonchev–Trinajstić information content (AvgIpc) is 3.91. The van der Waals surface area contributed by atoms with Gasteiger partial charge in [-0.25, -0.2) is 0 Å². The third-order valence-electron chi connectivity index (χ3n) is 8.57. The number of halogens is 1. The van der Waals surface area contributed by atoms with Crippen LogP contribution in [0, 0.1) is 6.92 Å². The van der Waals surface area contributed by atoms with Crippen LogP contribution in [0.3, 0.4) is 0 Å². The van der Waals surface area contributed by atoms with Crippen molar-refractivity contribution < 1.29 is 9.47 Å². The minimum Gasteiger partial charge on any atom is -0.472 e. The van der Waals surface area contributed by atoms with Crippen molar-refractivity contribution in [1.29, 1.82) is 0 Å². The van der Waals surface area contributed by atoms with Crippen molar-refractivity contribution in [3.8, 4) is 11.9 Å². The third kappa shape index (κ3) is 4.82. The second-order valence-electron chi connectivity index (χ2n) is 11.4. The molecule has 3 aromatic rings. The van der Waals surface area contributed by atoms with Crippen molar-refractivity contribution in [3.63, 3.8) is 0 Å². The van der Waals surface area contributed by atoms with E-state index in [0.717, 1.165) is 88.2 Å². The van der Waals surface area contributed by atoms with E-state index in [1.165, 1.54) is 11.1 Å². The molecule has 3 aliphatic carbocycles. The van der Waals surface area contributed by atoms with Crippen LogP contribution in [0.15, 0.2) is 67.3 Å². The molecule has 6 rings (SSSR count). The van der Waals surface area contributed by atoms with Crippen molar-refractivity contribution >= 4 is 28.8 Å².